The summed E-state index contributed by atoms with van der Waals surface area (Å²) in [5.74, 6) is -0.794. The van der Waals surface area contributed by atoms with E-state index >= 15 is 0 Å². The third kappa shape index (κ3) is 2.21. The minimum absolute atomic E-state index is 0. The number of hydrogen-bond acceptors (Lipinski definition) is 2. The second kappa shape index (κ2) is 3.79. The van der Waals surface area contributed by atoms with Crippen LogP contribution in [-0.4, -0.2) is 20.6 Å². The van der Waals surface area contributed by atoms with Gasteiger partial charge in [-0.2, -0.15) is 0 Å². The van der Waals surface area contributed by atoms with Gasteiger partial charge >= 0.3 is 5.97 Å². The van der Waals surface area contributed by atoms with Gasteiger partial charge in [-0.25, -0.2) is 4.98 Å². The lowest BCUT2D eigenvalue weighted by Crippen LogP contribution is -2.06. The fourth-order valence-corrected chi connectivity index (χ4v) is 1.31. The molecule has 1 N–H and O–H groups in total. The van der Waals surface area contributed by atoms with E-state index in [1.165, 1.54) is 0 Å². The van der Waals surface area contributed by atoms with Gasteiger partial charge < -0.3 is 9.67 Å². The highest BCUT2D eigenvalue weighted by Gasteiger charge is 2.25. The topological polar surface area (TPSA) is 55.1 Å². The van der Waals surface area contributed by atoms with Crippen LogP contribution in [0, 0.1) is 0 Å². The monoisotopic (exact) mass is 202 g/mol. The van der Waals surface area contributed by atoms with Gasteiger partial charge in [0.25, 0.3) is 0 Å². The lowest BCUT2D eigenvalue weighted by Gasteiger charge is -2.02. The molecule has 1 fully saturated rings. The van der Waals surface area contributed by atoms with E-state index < -0.39 is 5.97 Å². The molecule has 1 aliphatic rings. The molecule has 2 rings (SSSR count). The van der Waals surface area contributed by atoms with Crippen molar-refractivity contribution in [1.29, 1.82) is 0 Å². The van der Waals surface area contributed by atoms with Gasteiger partial charge in [-0.1, -0.05) is 0 Å². The molecule has 1 aromatic rings. The molecule has 0 aromatic carbocycles. The first-order valence-corrected chi connectivity index (χ1v) is 4.00. The molecule has 13 heavy (non-hydrogen) atoms. The van der Waals surface area contributed by atoms with Crippen molar-refractivity contribution >= 4 is 18.4 Å². The van der Waals surface area contributed by atoms with Crippen molar-refractivity contribution in [2.24, 2.45) is 0 Å². The number of aliphatic carboxylic acids is 1. The molecule has 0 atom stereocenters. The fourth-order valence-electron chi connectivity index (χ4n) is 1.31. The Morgan fingerprint density at radius 3 is 2.92 bits per heavy atom. The maximum atomic E-state index is 10.4. The molecule has 0 bridgehead atoms. The highest BCUT2D eigenvalue weighted by molar-refractivity contribution is 5.85. The predicted molar refractivity (Wildman–Crippen MR) is 49.1 cm³/mol. The van der Waals surface area contributed by atoms with Crippen LogP contribution in [-0.2, 0) is 11.2 Å². The largest absolute Gasteiger partial charge is 0.481 e. The maximum Gasteiger partial charge on any atom is 0.309 e. The quantitative estimate of drug-likeness (QED) is 0.803. The number of carboxylic acids is 1. The number of aromatic nitrogens is 2. The van der Waals surface area contributed by atoms with Gasteiger partial charge in [-0.3, -0.25) is 4.79 Å². The Morgan fingerprint density at radius 1 is 1.69 bits per heavy atom. The van der Waals surface area contributed by atoms with Crippen LogP contribution in [0.2, 0.25) is 0 Å². The average molecular weight is 203 g/mol. The second-order valence-corrected chi connectivity index (χ2v) is 3.09. The van der Waals surface area contributed by atoms with E-state index in [1.807, 2.05) is 4.57 Å². The maximum absolute atomic E-state index is 10.4. The number of rotatable bonds is 3. The first-order chi connectivity index (χ1) is 5.77. The van der Waals surface area contributed by atoms with Crippen LogP contribution in [0.25, 0.3) is 0 Å². The van der Waals surface area contributed by atoms with E-state index in [1.54, 1.807) is 12.5 Å². The van der Waals surface area contributed by atoms with E-state index in [2.05, 4.69) is 4.98 Å². The van der Waals surface area contributed by atoms with E-state index in [4.69, 9.17) is 5.11 Å². The van der Waals surface area contributed by atoms with E-state index in [9.17, 15) is 4.79 Å². The zero-order chi connectivity index (χ0) is 8.55. The van der Waals surface area contributed by atoms with Gasteiger partial charge in [0.05, 0.1) is 12.7 Å². The minimum Gasteiger partial charge on any atom is -0.481 e. The van der Waals surface area contributed by atoms with Crippen LogP contribution >= 0.6 is 12.4 Å². The summed E-state index contributed by atoms with van der Waals surface area (Å²) in [6, 6.07) is 0.516. The molecule has 1 aliphatic carbocycles. The molecule has 0 unspecified atom stereocenters. The van der Waals surface area contributed by atoms with Gasteiger partial charge in [0.15, 0.2) is 0 Å². The first kappa shape index (κ1) is 10.1. The van der Waals surface area contributed by atoms with E-state index in [-0.39, 0.29) is 18.8 Å². The number of halogens is 1. The Balaban J connectivity index is 0.000000845. The third-order valence-corrected chi connectivity index (χ3v) is 2.02. The van der Waals surface area contributed by atoms with Crippen molar-refractivity contribution in [2.75, 3.05) is 0 Å². The van der Waals surface area contributed by atoms with Crippen molar-refractivity contribution in [2.45, 2.75) is 25.3 Å². The van der Waals surface area contributed by atoms with Crippen LogP contribution in [0.15, 0.2) is 12.5 Å². The molecular formula is C8H11ClN2O2. The van der Waals surface area contributed by atoms with E-state index in [0.717, 1.165) is 18.5 Å². The minimum atomic E-state index is -0.794. The van der Waals surface area contributed by atoms with Crippen LogP contribution in [0.1, 0.15) is 24.6 Å². The highest BCUT2D eigenvalue weighted by atomic mass is 35.5. The Labute approximate surface area is 82.0 Å². The Kier molecular flexibility index (Phi) is 2.93. The summed E-state index contributed by atoms with van der Waals surface area (Å²) in [6.45, 7) is 0. The third-order valence-electron chi connectivity index (χ3n) is 2.02. The van der Waals surface area contributed by atoms with Crippen molar-refractivity contribution in [3.8, 4) is 0 Å². The smallest absolute Gasteiger partial charge is 0.309 e. The summed E-state index contributed by atoms with van der Waals surface area (Å²) in [6.07, 6.45) is 5.74. The summed E-state index contributed by atoms with van der Waals surface area (Å²) >= 11 is 0. The first-order valence-electron chi connectivity index (χ1n) is 4.00. The molecule has 1 aromatic heterocycles. The summed E-state index contributed by atoms with van der Waals surface area (Å²) < 4.78 is 1.97. The van der Waals surface area contributed by atoms with Gasteiger partial charge in [-0.05, 0) is 12.8 Å². The molecule has 4 nitrogen and oxygen atoms in total. The molecule has 72 valence electrons. The van der Waals surface area contributed by atoms with Crippen LogP contribution in [0.3, 0.4) is 0 Å². The number of imidazole rings is 1. The number of hydrogen-bond donors (Lipinski definition) is 1. The van der Waals surface area contributed by atoms with Gasteiger partial charge in [0.2, 0.25) is 0 Å². The molecule has 1 saturated carbocycles. The molecule has 0 amide bonds. The number of nitrogens with zero attached hydrogens (tertiary/aromatic N) is 2. The summed E-state index contributed by atoms with van der Waals surface area (Å²) in [7, 11) is 0. The van der Waals surface area contributed by atoms with Crippen LogP contribution in [0.5, 0.6) is 0 Å². The molecular weight excluding hydrogens is 192 g/mol. The average Bonchev–Trinajstić information content (AvgIpc) is 2.73. The van der Waals surface area contributed by atoms with Gasteiger partial charge in [0, 0.05) is 17.9 Å². The normalized spacial score (nSPS) is 15.1. The van der Waals surface area contributed by atoms with Crippen LogP contribution < -0.4 is 0 Å². The predicted octanol–water partition coefficient (Wildman–Crippen LogP) is 1.27. The van der Waals surface area contributed by atoms with Crippen molar-refractivity contribution in [3.63, 3.8) is 0 Å². The summed E-state index contributed by atoms with van der Waals surface area (Å²) in [5, 5.41) is 8.57. The molecule has 5 heteroatoms. The van der Waals surface area contributed by atoms with Gasteiger partial charge in [-0.15, -0.1) is 12.4 Å². The number of carbonyl (C=O) groups is 1. The zero-order valence-electron chi connectivity index (χ0n) is 7.01. The SMILES string of the molecule is Cl.O=C(O)Cc1cncn1C1CC1. The van der Waals surface area contributed by atoms with Crippen molar-refractivity contribution in [1.82, 2.24) is 9.55 Å². The molecule has 1 heterocycles. The molecule has 0 spiro atoms. The fraction of sp³-hybridized carbons (Fsp3) is 0.500. The molecule has 0 radical (unpaired) electrons. The van der Waals surface area contributed by atoms with Crippen molar-refractivity contribution in [3.05, 3.63) is 18.2 Å². The Morgan fingerprint density at radius 2 is 2.38 bits per heavy atom. The Bertz CT molecular complexity index is 307. The van der Waals surface area contributed by atoms with Crippen molar-refractivity contribution < 1.29 is 9.90 Å². The molecule has 0 saturated heterocycles. The lowest BCUT2D eigenvalue weighted by atomic mass is 10.3. The summed E-state index contributed by atoms with van der Waals surface area (Å²) in [4.78, 5) is 14.4. The van der Waals surface area contributed by atoms with Crippen LogP contribution in [0.4, 0.5) is 0 Å². The van der Waals surface area contributed by atoms with E-state index in [0.29, 0.717) is 6.04 Å². The second-order valence-electron chi connectivity index (χ2n) is 3.09. The zero-order valence-corrected chi connectivity index (χ0v) is 7.83. The van der Waals surface area contributed by atoms with Gasteiger partial charge in [0.1, 0.15) is 0 Å². The Hall–Kier alpha value is -1.03. The molecule has 0 aliphatic heterocycles. The lowest BCUT2D eigenvalue weighted by molar-refractivity contribution is -0.136. The highest BCUT2D eigenvalue weighted by Crippen LogP contribution is 2.35. The standard InChI is InChI=1S/C8H10N2O2.ClH/c11-8(12)3-7-4-9-5-10(7)6-1-2-6;/h4-6H,1-3H2,(H,11,12);1H. The number of carboxylic acid groups (broad SMARTS) is 1. The summed E-state index contributed by atoms with van der Waals surface area (Å²) in [5.41, 5.74) is 0.810.